The molecule has 0 aliphatic heterocycles. The number of aromatic nitrogens is 3. The van der Waals surface area contributed by atoms with E-state index in [1.54, 1.807) is 18.3 Å². The van der Waals surface area contributed by atoms with Gasteiger partial charge in [0.15, 0.2) is 0 Å². The van der Waals surface area contributed by atoms with Crippen LogP contribution in [0.15, 0.2) is 30.5 Å². The number of hydrogen-bond donors (Lipinski definition) is 1. The highest BCUT2D eigenvalue weighted by atomic mass is 35.5. The summed E-state index contributed by atoms with van der Waals surface area (Å²) in [4.78, 5) is 13.6. The lowest BCUT2D eigenvalue weighted by Crippen LogP contribution is -2.10. The van der Waals surface area contributed by atoms with Gasteiger partial charge in [-0.05, 0) is 35.9 Å². The Balaban J connectivity index is 2.28. The Hall–Kier alpha value is -2.05. The Labute approximate surface area is 148 Å². The van der Waals surface area contributed by atoms with Crippen molar-refractivity contribution < 1.29 is 4.39 Å². The van der Waals surface area contributed by atoms with Gasteiger partial charge in [0, 0.05) is 22.9 Å². The second-order valence-corrected chi connectivity index (χ2v) is 7.73. The van der Waals surface area contributed by atoms with Crippen molar-refractivity contribution >= 4 is 28.6 Å². The number of nitrogens with zero attached hydrogens (tertiary/aromatic N) is 3. The molecule has 2 N–H and O–H groups in total. The number of anilines is 1. The Bertz CT molecular complexity index is 902. The first-order valence-corrected chi connectivity index (χ1v) is 8.51. The highest BCUT2D eigenvalue weighted by Crippen LogP contribution is 2.41. The molecule has 2 heterocycles. The summed E-state index contributed by atoms with van der Waals surface area (Å²) in [5, 5.41) is 1.02. The van der Waals surface area contributed by atoms with E-state index in [1.807, 2.05) is 0 Å². The molecule has 1 aromatic carbocycles. The van der Waals surface area contributed by atoms with Gasteiger partial charge in [-0.25, -0.2) is 19.3 Å². The maximum atomic E-state index is 14.4. The summed E-state index contributed by atoms with van der Waals surface area (Å²) in [5.41, 5.74) is 7.61. The van der Waals surface area contributed by atoms with Crippen LogP contribution in [-0.4, -0.2) is 15.0 Å². The summed E-state index contributed by atoms with van der Waals surface area (Å²) in [6, 6.07) is 6.19. The number of benzene rings is 1. The quantitative estimate of drug-likeness (QED) is 0.518. The number of rotatable bonds is 2. The molecule has 7 heteroatoms. The van der Waals surface area contributed by atoms with E-state index in [0.29, 0.717) is 22.6 Å². The fourth-order valence-electron chi connectivity index (χ4n) is 2.18. The van der Waals surface area contributed by atoms with Crippen molar-refractivity contribution in [3.63, 3.8) is 0 Å². The van der Waals surface area contributed by atoms with Crippen molar-refractivity contribution in [1.29, 1.82) is 0 Å². The van der Waals surface area contributed by atoms with Gasteiger partial charge in [-0.2, -0.15) is 0 Å². The molecule has 3 aromatic rings. The highest BCUT2D eigenvalue weighted by molar-refractivity contribution is 7.15. The van der Waals surface area contributed by atoms with E-state index in [2.05, 4.69) is 35.7 Å². The van der Waals surface area contributed by atoms with Gasteiger partial charge >= 0.3 is 0 Å². The standard InChI is InChI=1S/C17H16ClFN4S/c1-17(2,3)15-23-13(10-8-9(20)4-5-11(10)19)14(24-15)12-6-7-21-16(18)22-12/h4-8H,20H2,1-3H3. The second-order valence-electron chi connectivity index (χ2n) is 6.40. The third kappa shape index (κ3) is 3.25. The van der Waals surface area contributed by atoms with Crippen LogP contribution in [0.3, 0.4) is 0 Å². The SMILES string of the molecule is CC(C)(C)c1nc(-c2cc(N)ccc2F)c(-c2ccnc(Cl)n2)s1. The first-order valence-electron chi connectivity index (χ1n) is 7.31. The first-order chi connectivity index (χ1) is 11.3. The van der Waals surface area contributed by atoms with Gasteiger partial charge < -0.3 is 5.73 Å². The van der Waals surface area contributed by atoms with E-state index in [-0.39, 0.29) is 16.5 Å². The largest absolute Gasteiger partial charge is 0.399 e. The van der Waals surface area contributed by atoms with Crippen molar-refractivity contribution in [3.05, 3.63) is 46.6 Å². The molecule has 0 bridgehead atoms. The fraction of sp³-hybridized carbons (Fsp3) is 0.235. The van der Waals surface area contributed by atoms with Crippen LogP contribution in [0, 0.1) is 5.82 Å². The maximum Gasteiger partial charge on any atom is 0.222 e. The summed E-state index contributed by atoms with van der Waals surface area (Å²) in [6.45, 7) is 6.17. The van der Waals surface area contributed by atoms with Crippen LogP contribution in [-0.2, 0) is 5.41 Å². The number of halogens is 2. The van der Waals surface area contributed by atoms with Crippen molar-refractivity contribution in [3.8, 4) is 21.8 Å². The van der Waals surface area contributed by atoms with Gasteiger partial charge in [-0.1, -0.05) is 20.8 Å². The van der Waals surface area contributed by atoms with Gasteiger partial charge in [0.05, 0.1) is 21.3 Å². The smallest absolute Gasteiger partial charge is 0.222 e. The predicted molar refractivity (Wildman–Crippen MR) is 96.7 cm³/mol. The molecule has 0 radical (unpaired) electrons. The van der Waals surface area contributed by atoms with E-state index < -0.39 is 0 Å². The Morgan fingerprint density at radius 3 is 2.58 bits per heavy atom. The van der Waals surface area contributed by atoms with Gasteiger partial charge in [0.2, 0.25) is 5.28 Å². The van der Waals surface area contributed by atoms with Crippen molar-refractivity contribution in [2.24, 2.45) is 0 Å². The molecular formula is C17H16ClFN4S. The summed E-state index contributed by atoms with van der Waals surface area (Å²) >= 11 is 7.38. The number of hydrogen-bond acceptors (Lipinski definition) is 5. The molecule has 4 nitrogen and oxygen atoms in total. The molecule has 2 aromatic heterocycles. The highest BCUT2D eigenvalue weighted by Gasteiger charge is 2.25. The van der Waals surface area contributed by atoms with E-state index in [0.717, 1.165) is 9.88 Å². The first kappa shape index (κ1) is 16.8. The number of thiazole rings is 1. The summed E-state index contributed by atoms with van der Waals surface area (Å²) in [5.74, 6) is -0.378. The average molecular weight is 363 g/mol. The fourth-order valence-corrected chi connectivity index (χ4v) is 3.44. The van der Waals surface area contributed by atoms with Crippen LogP contribution in [0.2, 0.25) is 5.28 Å². The van der Waals surface area contributed by atoms with Gasteiger partial charge in [-0.3, -0.25) is 0 Å². The molecule has 0 unspecified atom stereocenters. The van der Waals surface area contributed by atoms with Gasteiger partial charge in [0.1, 0.15) is 5.82 Å². The van der Waals surface area contributed by atoms with Crippen LogP contribution < -0.4 is 5.73 Å². The minimum Gasteiger partial charge on any atom is -0.399 e. The third-order valence-corrected chi connectivity index (χ3v) is 5.06. The van der Waals surface area contributed by atoms with E-state index in [9.17, 15) is 4.39 Å². The Morgan fingerprint density at radius 2 is 1.92 bits per heavy atom. The number of nitrogen functional groups attached to an aromatic ring is 1. The third-order valence-electron chi connectivity index (χ3n) is 3.37. The lowest BCUT2D eigenvalue weighted by atomic mass is 9.98. The maximum absolute atomic E-state index is 14.4. The molecule has 124 valence electrons. The molecule has 3 rings (SSSR count). The average Bonchev–Trinajstić information content (AvgIpc) is 2.95. The Morgan fingerprint density at radius 1 is 1.17 bits per heavy atom. The summed E-state index contributed by atoms with van der Waals surface area (Å²) < 4.78 is 14.4. The van der Waals surface area contributed by atoms with Crippen LogP contribution in [0.5, 0.6) is 0 Å². The van der Waals surface area contributed by atoms with Crippen molar-refractivity contribution in [1.82, 2.24) is 15.0 Å². The van der Waals surface area contributed by atoms with Crippen LogP contribution >= 0.6 is 22.9 Å². The zero-order chi connectivity index (χ0) is 17.5. The molecule has 0 saturated carbocycles. The molecule has 0 fully saturated rings. The minimum atomic E-state index is -0.378. The predicted octanol–water partition coefficient (Wildman–Crippen LogP) is 4.94. The summed E-state index contributed by atoms with van der Waals surface area (Å²) in [7, 11) is 0. The monoisotopic (exact) mass is 362 g/mol. The zero-order valence-corrected chi connectivity index (χ0v) is 15.0. The molecular weight excluding hydrogens is 347 g/mol. The van der Waals surface area contributed by atoms with Gasteiger partial charge in [-0.15, -0.1) is 11.3 Å². The lowest BCUT2D eigenvalue weighted by Gasteiger charge is -2.13. The molecule has 0 spiro atoms. The van der Waals surface area contributed by atoms with E-state index in [4.69, 9.17) is 17.3 Å². The molecule has 24 heavy (non-hydrogen) atoms. The van der Waals surface area contributed by atoms with Crippen LogP contribution in [0.25, 0.3) is 21.8 Å². The lowest BCUT2D eigenvalue weighted by molar-refractivity contribution is 0.585. The van der Waals surface area contributed by atoms with Crippen molar-refractivity contribution in [2.45, 2.75) is 26.2 Å². The molecule has 0 saturated heterocycles. The van der Waals surface area contributed by atoms with E-state index >= 15 is 0 Å². The minimum absolute atomic E-state index is 0.136. The normalized spacial score (nSPS) is 11.7. The van der Waals surface area contributed by atoms with Gasteiger partial charge in [0.25, 0.3) is 0 Å². The van der Waals surface area contributed by atoms with Crippen molar-refractivity contribution in [2.75, 3.05) is 5.73 Å². The topological polar surface area (TPSA) is 64.7 Å². The molecule has 0 aliphatic rings. The molecule has 0 amide bonds. The second kappa shape index (κ2) is 6.11. The Kier molecular flexibility index (Phi) is 4.27. The zero-order valence-electron chi connectivity index (χ0n) is 13.5. The summed E-state index contributed by atoms with van der Waals surface area (Å²) in [6.07, 6.45) is 1.57. The van der Waals surface area contributed by atoms with Crippen LogP contribution in [0.1, 0.15) is 25.8 Å². The van der Waals surface area contributed by atoms with E-state index in [1.165, 1.54) is 23.5 Å². The molecule has 0 atom stereocenters. The number of nitrogens with two attached hydrogens (primary N) is 1. The molecule has 0 aliphatic carbocycles. The van der Waals surface area contributed by atoms with Crippen LogP contribution in [0.4, 0.5) is 10.1 Å².